The molecule has 19 heavy (non-hydrogen) atoms. The summed E-state index contributed by atoms with van der Waals surface area (Å²) in [6, 6.07) is 4.04. The van der Waals surface area contributed by atoms with E-state index in [1.54, 1.807) is 27.7 Å². The maximum Gasteiger partial charge on any atom is 0.387 e. The SMILES string of the molecule is Cc1ccc(S(=O)(=O)NC(C)(C)C)c(OC(F)F)c1. The van der Waals surface area contributed by atoms with Crippen molar-refractivity contribution in [3.63, 3.8) is 0 Å². The van der Waals surface area contributed by atoms with Crippen molar-refractivity contribution < 1.29 is 21.9 Å². The highest BCUT2D eigenvalue weighted by Gasteiger charge is 2.26. The van der Waals surface area contributed by atoms with Gasteiger partial charge in [0, 0.05) is 5.54 Å². The first-order valence-corrected chi connectivity index (χ1v) is 7.09. The zero-order chi connectivity index (χ0) is 14.8. The Morgan fingerprint density at radius 3 is 2.32 bits per heavy atom. The van der Waals surface area contributed by atoms with Gasteiger partial charge in [-0.3, -0.25) is 0 Å². The molecule has 0 amide bonds. The molecular formula is C12H17F2NO3S. The van der Waals surface area contributed by atoms with Gasteiger partial charge in [-0.25, -0.2) is 13.1 Å². The van der Waals surface area contributed by atoms with Crippen molar-refractivity contribution in [3.05, 3.63) is 23.8 Å². The van der Waals surface area contributed by atoms with Crippen LogP contribution in [-0.2, 0) is 10.0 Å². The van der Waals surface area contributed by atoms with Crippen molar-refractivity contribution in [1.82, 2.24) is 4.72 Å². The molecule has 0 aliphatic carbocycles. The molecule has 0 aliphatic heterocycles. The lowest BCUT2D eigenvalue weighted by molar-refractivity contribution is -0.0517. The Kier molecular flexibility index (Phi) is 4.52. The van der Waals surface area contributed by atoms with E-state index in [9.17, 15) is 17.2 Å². The molecule has 0 radical (unpaired) electrons. The molecule has 108 valence electrons. The maximum atomic E-state index is 12.3. The number of rotatable bonds is 4. The maximum absolute atomic E-state index is 12.3. The highest BCUT2D eigenvalue weighted by Crippen LogP contribution is 2.27. The molecule has 1 N–H and O–H groups in total. The van der Waals surface area contributed by atoms with Crippen LogP contribution in [0.15, 0.2) is 23.1 Å². The summed E-state index contributed by atoms with van der Waals surface area (Å²) in [5.41, 5.74) is -0.0865. The van der Waals surface area contributed by atoms with E-state index in [1.807, 2.05) is 0 Å². The van der Waals surface area contributed by atoms with Crippen LogP contribution in [0.4, 0.5) is 8.78 Å². The average Bonchev–Trinajstić information content (AvgIpc) is 2.11. The first-order valence-electron chi connectivity index (χ1n) is 5.61. The lowest BCUT2D eigenvalue weighted by atomic mass is 10.1. The predicted octanol–water partition coefficient (Wildman–Crippen LogP) is 2.67. The van der Waals surface area contributed by atoms with E-state index < -0.39 is 22.2 Å². The van der Waals surface area contributed by atoms with Crippen LogP contribution in [0.3, 0.4) is 0 Å². The fourth-order valence-electron chi connectivity index (χ4n) is 1.48. The first kappa shape index (κ1) is 15.8. The standard InChI is InChI=1S/C12H17F2NO3S/c1-8-5-6-10(9(7-8)18-11(13)14)19(16,17)15-12(2,3)4/h5-7,11,15H,1-4H3. The molecule has 7 heteroatoms. The third kappa shape index (κ3) is 4.76. The number of sulfonamides is 1. The van der Waals surface area contributed by atoms with Gasteiger partial charge < -0.3 is 4.74 Å². The zero-order valence-corrected chi connectivity index (χ0v) is 12.0. The molecule has 0 aliphatic rings. The van der Waals surface area contributed by atoms with Gasteiger partial charge in [0.25, 0.3) is 0 Å². The van der Waals surface area contributed by atoms with Crippen molar-refractivity contribution in [2.24, 2.45) is 0 Å². The van der Waals surface area contributed by atoms with Crippen LogP contribution in [0.2, 0.25) is 0 Å². The van der Waals surface area contributed by atoms with Gasteiger partial charge in [-0.05, 0) is 45.4 Å². The van der Waals surface area contributed by atoms with Crippen molar-refractivity contribution in [1.29, 1.82) is 0 Å². The van der Waals surface area contributed by atoms with Crippen LogP contribution in [0, 0.1) is 6.92 Å². The number of aryl methyl sites for hydroxylation is 1. The fraction of sp³-hybridized carbons (Fsp3) is 0.500. The first-order chi connectivity index (χ1) is 8.51. The zero-order valence-electron chi connectivity index (χ0n) is 11.2. The highest BCUT2D eigenvalue weighted by atomic mass is 32.2. The molecule has 0 aromatic heterocycles. The second-order valence-electron chi connectivity index (χ2n) is 5.18. The van der Waals surface area contributed by atoms with E-state index >= 15 is 0 Å². The molecule has 4 nitrogen and oxygen atoms in total. The van der Waals surface area contributed by atoms with Crippen LogP contribution in [-0.4, -0.2) is 20.6 Å². The summed E-state index contributed by atoms with van der Waals surface area (Å²) in [5, 5.41) is 0. The third-order valence-electron chi connectivity index (χ3n) is 2.05. The second-order valence-corrected chi connectivity index (χ2v) is 6.84. The molecular weight excluding hydrogens is 276 g/mol. The van der Waals surface area contributed by atoms with Crippen molar-refractivity contribution >= 4 is 10.0 Å². The number of nitrogens with one attached hydrogen (secondary N) is 1. The van der Waals surface area contributed by atoms with Gasteiger partial charge in [0.15, 0.2) is 0 Å². The average molecular weight is 293 g/mol. The van der Waals surface area contributed by atoms with Crippen molar-refractivity contribution in [2.75, 3.05) is 0 Å². The van der Waals surface area contributed by atoms with Gasteiger partial charge >= 0.3 is 6.61 Å². The second kappa shape index (κ2) is 5.42. The molecule has 1 rings (SSSR count). The summed E-state index contributed by atoms with van der Waals surface area (Å²) in [7, 11) is -3.92. The van der Waals surface area contributed by atoms with Gasteiger partial charge in [-0.1, -0.05) is 6.07 Å². The van der Waals surface area contributed by atoms with Gasteiger partial charge in [-0.2, -0.15) is 8.78 Å². The number of hydrogen-bond acceptors (Lipinski definition) is 3. The lowest BCUT2D eigenvalue weighted by Gasteiger charge is -2.21. The molecule has 0 heterocycles. The van der Waals surface area contributed by atoms with E-state index in [1.165, 1.54) is 18.2 Å². The predicted molar refractivity (Wildman–Crippen MR) is 67.9 cm³/mol. The van der Waals surface area contributed by atoms with E-state index in [4.69, 9.17) is 0 Å². The van der Waals surface area contributed by atoms with Gasteiger partial charge in [-0.15, -0.1) is 0 Å². The minimum atomic E-state index is -3.92. The monoisotopic (exact) mass is 293 g/mol. The third-order valence-corrected chi connectivity index (χ3v) is 3.84. The van der Waals surface area contributed by atoms with Crippen LogP contribution < -0.4 is 9.46 Å². The molecule has 0 bridgehead atoms. The molecule has 0 spiro atoms. The molecule has 0 fully saturated rings. The van der Waals surface area contributed by atoms with Crippen LogP contribution in [0.5, 0.6) is 5.75 Å². The van der Waals surface area contributed by atoms with Gasteiger partial charge in [0.05, 0.1) is 0 Å². The number of halogens is 2. The summed E-state index contributed by atoms with van der Waals surface area (Å²) in [6.07, 6.45) is 0. The van der Waals surface area contributed by atoms with Gasteiger partial charge in [0.1, 0.15) is 10.6 Å². The quantitative estimate of drug-likeness (QED) is 0.928. The summed E-state index contributed by atoms with van der Waals surface area (Å²) in [5.74, 6) is -0.355. The van der Waals surface area contributed by atoms with Gasteiger partial charge in [0.2, 0.25) is 10.0 Å². The van der Waals surface area contributed by atoms with Crippen LogP contribution in [0.1, 0.15) is 26.3 Å². The highest BCUT2D eigenvalue weighted by molar-refractivity contribution is 7.89. The Labute approximate surface area is 111 Å². The van der Waals surface area contributed by atoms with E-state index in [-0.39, 0.29) is 10.6 Å². The van der Waals surface area contributed by atoms with Crippen LogP contribution >= 0.6 is 0 Å². The Hall–Kier alpha value is -1.21. The fourth-order valence-corrected chi connectivity index (χ4v) is 3.02. The van der Waals surface area contributed by atoms with Crippen molar-refractivity contribution in [2.45, 2.75) is 44.7 Å². The summed E-state index contributed by atoms with van der Waals surface area (Å²) < 4.78 is 55.6. The summed E-state index contributed by atoms with van der Waals surface area (Å²) in [4.78, 5) is -0.298. The van der Waals surface area contributed by atoms with Crippen LogP contribution in [0.25, 0.3) is 0 Å². The Balaban J connectivity index is 3.26. The topological polar surface area (TPSA) is 55.4 Å². The molecule has 0 saturated heterocycles. The van der Waals surface area contributed by atoms with E-state index in [2.05, 4.69) is 9.46 Å². The molecule has 0 unspecified atom stereocenters. The minimum absolute atomic E-state index is 0.298. The number of ether oxygens (including phenoxy) is 1. The Morgan fingerprint density at radius 2 is 1.84 bits per heavy atom. The molecule has 0 saturated carbocycles. The largest absolute Gasteiger partial charge is 0.433 e. The summed E-state index contributed by atoms with van der Waals surface area (Å²) >= 11 is 0. The minimum Gasteiger partial charge on any atom is -0.433 e. The Morgan fingerprint density at radius 1 is 1.26 bits per heavy atom. The number of benzene rings is 1. The Bertz CT molecular complexity index is 551. The number of hydrogen-bond donors (Lipinski definition) is 1. The molecule has 0 atom stereocenters. The lowest BCUT2D eigenvalue weighted by Crippen LogP contribution is -2.40. The normalized spacial score (nSPS) is 12.8. The molecule has 1 aromatic carbocycles. The number of alkyl halides is 2. The van der Waals surface area contributed by atoms with E-state index in [0.29, 0.717) is 5.56 Å². The molecule has 1 aromatic rings. The smallest absolute Gasteiger partial charge is 0.387 e. The van der Waals surface area contributed by atoms with Crippen molar-refractivity contribution in [3.8, 4) is 5.75 Å². The van der Waals surface area contributed by atoms with E-state index in [0.717, 1.165) is 0 Å². The summed E-state index contributed by atoms with van der Waals surface area (Å²) in [6.45, 7) is 3.56.